The Kier molecular flexibility index (Phi) is 4.52. The smallest absolute Gasteiger partial charge is 0.252 e. The van der Waals surface area contributed by atoms with Gasteiger partial charge in [0.1, 0.15) is 18.0 Å². The van der Waals surface area contributed by atoms with Crippen LogP contribution < -0.4 is 10.6 Å². The summed E-state index contributed by atoms with van der Waals surface area (Å²) in [6.45, 7) is 5.93. The van der Waals surface area contributed by atoms with Gasteiger partial charge in [-0.25, -0.2) is 9.97 Å². The third-order valence-electron chi connectivity index (χ3n) is 3.15. The molecule has 0 fully saturated rings. The van der Waals surface area contributed by atoms with Crippen molar-refractivity contribution < 1.29 is 4.79 Å². The van der Waals surface area contributed by atoms with E-state index in [2.05, 4.69) is 30.8 Å². The van der Waals surface area contributed by atoms with Crippen LogP contribution in [0.1, 0.15) is 54.6 Å². The Morgan fingerprint density at radius 3 is 2.62 bits per heavy atom. The molecule has 3 N–H and O–H groups in total. The van der Waals surface area contributed by atoms with Crippen molar-refractivity contribution in [3.8, 4) is 0 Å². The number of carbonyl (C=O) groups is 1. The van der Waals surface area contributed by atoms with Crippen LogP contribution in [-0.4, -0.2) is 33.1 Å². The molecule has 21 heavy (non-hydrogen) atoms. The first-order valence-corrected chi connectivity index (χ1v) is 6.87. The van der Waals surface area contributed by atoms with E-state index in [9.17, 15) is 4.79 Å². The lowest BCUT2D eigenvalue weighted by atomic mass is 10.1. The second kappa shape index (κ2) is 6.34. The standard InChI is InChI=1S/C14H20N6O/c1-8(2)11-5-10(6-12(15-4)19-11)14(21)18-9(3)13-16-7-17-20-13/h5-9H,1-4H3,(H,15,19)(H,18,21)(H,16,17,20). The van der Waals surface area contributed by atoms with Gasteiger partial charge in [-0.2, -0.15) is 5.10 Å². The number of rotatable bonds is 5. The maximum absolute atomic E-state index is 12.4. The summed E-state index contributed by atoms with van der Waals surface area (Å²) in [5.74, 6) is 1.38. The summed E-state index contributed by atoms with van der Waals surface area (Å²) in [5, 5.41) is 12.4. The molecule has 0 bridgehead atoms. The van der Waals surface area contributed by atoms with Gasteiger partial charge >= 0.3 is 0 Å². The molecule has 1 unspecified atom stereocenters. The second-order valence-corrected chi connectivity index (χ2v) is 5.14. The van der Waals surface area contributed by atoms with Crippen molar-refractivity contribution in [1.29, 1.82) is 0 Å². The fourth-order valence-corrected chi connectivity index (χ4v) is 1.88. The van der Waals surface area contributed by atoms with Crippen LogP contribution in [0.15, 0.2) is 18.5 Å². The van der Waals surface area contributed by atoms with E-state index in [1.807, 2.05) is 26.8 Å². The monoisotopic (exact) mass is 288 g/mol. The summed E-state index contributed by atoms with van der Waals surface area (Å²) in [5.41, 5.74) is 1.45. The van der Waals surface area contributed by atoms with E-state index in [4.69, 9.17) is 0 Å². The number of amides is 1. The first kappa shape index (κ1) is 15.0. The fraction of sp³-hybridized carbons (Fsp3) is 0.429. The van der Waals surface area contributed by atoms with Crippen LogP contribution in [0.2, 0.25) is 0 Å². The van der Waals surface area contributed by atoms with Gasteiger partial charge in [-0.15, -0.1) is 0 Å². The number of hydrogen-bond acceptors (Lipinski definition) is 5. The van der Waals surface area contributed by atoms with E-state index >= 15 is 0 Å². The molecule has 0 aliphatic carbocycles. The largest absolute Gasteiger partial charge is 0.373 e. The number of aromatic amines is 1. The molecule has 0 saturated heterocycles. The minimum Gasteiger partial charge on any atom is -0.373 e. The third kappa shape index (κ3) is 3.56. The number of nitrogens with one attached hydrogen (secondary N) is 3. The number of pyridine rings is 1. The first-order chi connectivity index (χ1) is 10.0. The molecule has 0 saturated carbocycles. The van der Waals surface area contributed by atoms with Gasteiger partial charge in [0.15, 0.2) is 0 Å². The molecule has 2 rings (SSSR count). The Labute approximate surface area is 123 Å². The van der Waals surface area contributed by atoms with Gasteiger partial charge in [-0.3, -0.25) is 9.89 Å². The number of hydrogen-bond donors (Lipinski definition) is 3. The van der Waals surface area contributed by atoms with E-state index in [1.165, 1.54) is 6.33 Å². The third-order valence-corrected chi connectivity index (χ3v) is 3.15. The van der Waals surface area contributed by atoms with Gasteiger partial charge in [-0.1, -0.05) is 13.8 Å². The molecule has 2 aromatic heterocycles. The molecule has 0 aromatic carbocycles. The summed E-state index contributed by atoms with van der Waals surface area (Å²) in [6, 6.07) is 3.30. The Bertz CT molecular complexity index is 608. The average molecular weight is 288 g/mol. The minimum absolute atomic E-state index is 0.167. The predicted molar refractivity (Wildman–Crippen MR) is 80.1 cm³/mol. The van der Waals surface area contributed by atoms with Crippen LogP contribution in [0, 0.1) is 0 Å². The molecular weight excluding hydrogens is 268 g/mol. The van der Waals surface area contributed by atoms with E-state index in [1.54, 1.807) is 13.1 Å². The van der Waals surface area contributed by atoms with Gasteiger partial charge in [0, 0.05) is 18.3 Å². The van der Waals surface area contributed by atoms with Crippen molar-refractivity contribution in [3.05, 3.63) is 35.5 Å². The molecule has 112 valence electrons. The highest BCUT2D eigenvalue weighted by Crippen LogP contribution is 2.18. The Morgan fingerprint density at radius 1 is 1.29 bits per heavy atom. The van der Waals surface area contributed by atoms with Crippen molar-refractivity contribution in [2.45, 2.75) is 32.7 Å². The van der Waals surface area contributed by atoms with Gasteiger partial charge in [-0.05, 0) is 25.0 Å². The molecule has 0 spiro atoms. The summed E-state index contributed by atoms with van der Waals surface area (Å²) in [6.07, 6.45) is 1.42. The molecular formula is C14H20N6O. The van der Waals surface area contributed by atoms with Gasteiger partial charge in [0.25, 0.3) is 5.91 Å². The van der Waals surface area contributed by atoms with Crippen LogP contribution in [0.5, 0.6) is 0 Å². The Balaban J connectivity index is 2.20. The molecule has 2 aromatic rings. The van der Waals surface area contributed by atoms with Crippen LogP contribution in [0.4, 0.5) is 5.82 Å². The maximum Gasteiger partial charge on any atom is 0.252 e. The highest BCUT2D eigenvalue weighted by molar-refractivity contribution is 5.95. The van der Waals surface area contributed by atoms with E-state index in [-0.39, 0.29) is 17.9 Å². The normalized spacial score (nSPS) is 12.2. The SMILES string of the molecule is CNc1cc(C(=O)NC(C)c2ncn[nH]2)cc(C(C)C)n1. The minimum atomic E-state index is -0.242. The fourth-order valence-electron chi connectivity index (χ4n) is 1.88. The predicted octanol–water partition coefficient (Wildman–Crippen LogP) is 1.86. The van der Waals surface area contributed by atoms with Crippen molar-refractivity contribution in [1.82, 2.24) is 25.5 Å². The van der Waals surface area contributed by atoms with E-state index in [0.29, 0.717) is 17.2 Å². The van der Waals surface area contributed by atoms with Crippen LogP contribution in [-0.2, 0) is 0 Å². The molecule has 2 heterocycles. The number of aromatic nitrogens is 4. The second-order valence-electron chi connectivity index (χ2n) is 5.14. The molecule has 1 atom stereocenters. The maximum atomic E-state index is 12.4. The molecule has 7 nitrogen and oxygen atoms in total. The molecule has 1 amide bonds. The van der Waals surface area contributed by atoms with Gasteiger partial charge in [0.05, 0.1) is 6.04 Å². The van der Waals surface area contributed by atoms with Crippen LogP contribution in [0.25, 0.3) is 0 Å². The van der Waals surface area contributed by atoms with Gasteiger partial charge in [0.2, 0.25) is 0 Å². The van der Waals surface area contributed by atoms with E-state index in [0.717, 1.165) is 5.69 Å². The Morgan fingerprint density at radius 2 is 2.05 bits per heavy atom. The number of carbonyl (C=O) groups excluding carboxylic acids is 1. The number of nitrogens with zero attached hydrogens (tertiary/aromatic N) is 3. The Hall–Kier alpha value is -2.44. The number of H-pyrrole nitrogens is 1. The zero-order valence-electron chi connectivity index (χ0n) is 12.6. The zero-order valence-corrected chi connectivity index (χ0v) is 12.6. The zero-order chi connectivity index (χ0) is 15.4. The molecule has 0 radical (unpaired) electrons. The summed E-state index contributed by atoms with van der Waals surface area (Å²) < 4.78 is 0. The quantitative estimate of drug-likeness (QED) is 0.780. The summed E-state index contributed by atoms with van der Waals surface area (Å²) in [4.78, 5) is 20.8. The average Bonchev–Trinajstić information content (AvgIpc) is 3.00. The number of anilines is 1. The summed E-state index contributed by atoms with van der Waals surface area (Å²) in [7, 11) is 1.78. The van der Waals surface area contributed by atoms with Gasteiger partial charge < -0.3 is 10.6 Å². The highest BCUT2D eigenvalue weighted by Gasteiger charge is 2.16. The lowest BCUT2D eigenvalue weighted by molar-refractivity contribution is 0.0938. The van der Waals surface area contributed by atoms with Crippen LogP contribution >= 0.6 is 0 Å². The lowest BCUT2D eigenvalue weighted by Crippen LogP contribution is -2.27. The van der Waals surface area contributed by atoms with Crippen molar-refractivity contribution in [2.75, 3.05) is 12.4 Å². The van der Waals surface area contributed by atoms with Crippen molar-refractivity contribution in [3.63, 3.8) is 0 Å². The topological polar surface area (TPSA) is 95.6 Å². The molecule has 0 aliphatic heterocycles. The summed E-state index contributed by atoms with van der Waals surface area (Å²) >= 11 is 0. The lowest BCUT2D eigenvalue weighted by Gasteiger charge is -2.14. The first-order valence-electron chi connectivity index (χ1n) is 6.87. The molecule has 0 aliphatic rings. The van der Waals surface area contributed by atoms with Crippen LogP contribution in [0.3, 0.4) is 0 Å². The highest BCUT2D eigenvalue weighted by atomic mass is 16.1. The van der Waals surface area contributed by atoms with E-state index < -0.39 is 0 Å². The van der Waals surface area contributed by atoms with Crippen molar-refractivity contribution >= 4 is 11.7 Å². The molecule has 7 heteroatoms. The van der Waals surface area contributed by atoms with Crippen molar-refractivity contribution in [2.24, 2.45) is 0 Å².